The molecule has 2 heterocycles. The van der Waals surface area contributed by atoms with Crippen LogP contribution in [0.25, 0.3) is 0 Å². The summed E-state index contributed by atoms with van der Waals surface area (Å²) in [6.45, 7) is -0.179. The van der Waals surface area contributed by atoms with E-state index in [0.717, 1.165) is 41.0 Å². The van der Waals surface area contributed by atoms with Crippen molar-refractivity contribution in [2.24, 2.45) is 0 Å². The second-order valence-corrected chi connectivity index (χ2v) is 8.21. The van der Waals surface area contributed by atoms with Gasteiger partial charge in [0, 0.05) is 4.88 Å². The molecule has 7 heteroatoms. The van der Waals surface area contributed by atoms with Gasteiger partial charge in [-0.2, -0.15) is 0 Å². The van der Waals surface area contributed by atoms with Gasteiger partial charge in [0.15, 0.2) is 6.61 Å². The van der Waals surface area contributed by atoms with E-state index in [1.54, 1.807) is 11.3 Å². The normalized spacial score (nSPS) is 19.5. The van der Waals surface area contributed by atoms with Crippen LogP contribution in [0, 0.1) is 0 Å². The zero-order valence-corrected chi connectivity index (χ0v) is 16.2. The third-order valence-corrected chi connectivity index (χ3v) is 6.67. The Morgan fingerprint density at radius 1 is 1.14 bits per heavy atom. The molecule has 2 aromatic rings. The average Bonchev–Trinajstić information content (AvgIpc) is 3.46. The van der Waals surface area contributed by atoms with E-state index < -0.39 is 17.6 Å². The van der Waals surface area contributed by atoms with Crippen LogP contribution in [0.4, 0.5) is 4.79 Å². The molecule has 3 amide bonds. The van der Waals surface area contributed by atoms with Crippen molar-refractivity contribution < 1.29 is 19.1 Å². The highest BCUT2D eigenvalue weighted by molar-refractivity contribution is 7.10. The summed E-state index contributed by atoms with van der Waals surface area (Å²) in [5.41, 5.74) is 0.319. The molecule has 1 aliphatic heterocycles. The molecule has 0 bridgehead atoms. The van der Waals surface area contributed by atoms with Gasteiger partial charge >= 0.3 is 6.09 Å². The second kappa shape index (κ2) is 7.75. The summed E-state index contributed by atoms with van der Waals surface area (Å²) in [6, 6.07) is 12.9. The number of benzene rings is 1. The van der Waals surface area contributed by atoms with E-state index in [4.69, 9.17) is 4.74 Å². The summed E-state index contributed by atoms with van der Waals surface area (Å²) in [7, 11) is 0. The number of imide groups is 1. The fourth-order valence-electron chi connectivity index (χ4n) is 4.07. The fourth-order valence-corrected chi connectivity index (χ4v) is 5.05. The van der Waals surface area contributed by atoms with Gasteiger partial charge in [0.2, 0.25) is 5.91 Å². The second-order valence-electron chi connectivity index (χ2n) is 7.26. The van der Waals surface area contributed by atoms with E-state index in [0.29, 0.717) is 0 Å². The monoisotopic (exact) mass is 398 g/mol. The van der Waals surface area contributed by atoms with Gasteiger partial charge in [-0.25, -0.2) is 9.69 Å². The first-order chi connectivity index (χ1) is 13.6. The Balaban J connectivity index is 1.61. The van der Waals surface area contributed by atoms with Crippen LogP contribution < -0.4 is 5.32 Å². The number of amides is 3. The SMILES string of the molecule is O=C1COC(=O)N1CC(NC(=O)C1(c2cccs2)CCCC1)c1ccccc1. The highest BCUT2D eigenvalue weighted by Crippen LogP contribution is 2.43. The molecule has 1 aromatic carbocycles. The summed E-state index contributed by atoms with van der Waals surface area (Å²) < 4.78 is 4.82. The van der Waals surface area contributed by atoms with E-state index in [1.165, 1.54) is 0 Å². The molecule has 0 radical (unpaired) electrons. The number of thiophene rings is 1. The molecule has 1 N–H and O–H groups in total. The summed E-state index contributed by atoms with van der Waals surface area (Å²) in [4.78, 5) is 39.5. The highest BCUT2D eigenvalue weighted by Gasteiger charge is 2.44. The van der Waals surface area contributed by atoms with Crippen LogP contribution in [-0.2, 0) is 19.7 Å². The van der Waals surface area contributed by atoms with Crippen molar-refractivity contribution in [1.82, 2.24) is 10.2 Å². The Labute approximate surface area is 167 Å². The topological polar surface area (TPSA) is 75.7 Å². The number of carbonyl (C=O) groups is 3. The molecule has 1 atom stereocenters. The van der Waals surface area contributed by atoms with Gasteiger partial charge in [0.1, 0.15) is 0 Å². The van der Waals surface area contributed by atoms with Gasteiger partial charge < -0.3 is 10.1 Å². The molecule has 4 rings (SSSR count). The number of hydrogen-bond donors (Lipinski definition) is 1. The Bertz CT molecular complexity index is 844. The van der Waals surface area contributed by atoms with Crippen LogP contribution >= 0.6 is 11.3 Å². The van der Waals surface area contributed by atoms with Gasteiger partial charge in [0.25, 0.3) is 5.91 Å². The van der Waals surface area contributed by atoms with E-state index in [2.05, 4.69) is 5.32 Å². The first kappa shape index (κ1) is 18.7. The van der Waals surface area contributed by atoms with Crippen molar-refractivity contribution >= 4 is 29.2 Å². The van der Waals surface area contributed by atoms with Crippen LogP contribution in [0.2, 0.25) is 0 Å². The van der Waals surface area contributed by atoms with E-state index >= 15 is 0 Å². The summed E-state index contributed by atoms with van der Waals surface area (Å²) in [5, 5.41) is 5.13. The molecule has 28 heavy (non-hydrogen) atoms. The third kappa shape index (κ3) is 3.42. The van der Waals surface area contributed by atoms with Crippen LogP contribution in [-0.4, -0.2) is 36.0 Å². The quantitative estimate of drug-likeness (QED) is 0.809. The predicted octanol–water partition coefficient (Wildman–Crippen LogP) is 3.40. The number of nitrogens with zero attached hydrogens (tertiary/aromatic N) is 1. The van der Waals surface area contributed by atoms with E-state index in [-0.39, 0.29) is 25.0 Å². The lowest BCUT2D eigenvalue weighted by atomic mass is 9.83. The predicted molar refractivity (Wildman–Crippen MR) is 105 cm³/mol. The molecule has 1 unspecified atom stereocenters. The summed E-state index contributed by atoms with van der Waals surface area (Å²) >= 11 is 1.60. The van der Waals surface area contributed by atoms with Crippen LogP contribution in [0.3, 0.4) is 0 Å². The maximum absolute atomic E-state index is 13.5. The Kier molecular flexibility index (Phi) is 5.17. The van der Waals surface area contributed by atoms with Gasteiger partial charge in [-0.3, -0.25) is 9.59 Å². The molecule has 1 saturated carbocycles. The molecular formula is C21H22N2O4S. The first-order valence-corrected chi connectivity index (χ1v) is 10.4. The third-order valence-electron chi connectivity index (χ3n) is 5.60. The number of carbonyl (C=O) groups excluding carboxylic acids is 3. The van der Waals surface area contributed by atoms with E-state index in [9.17, 15) is 14.4 Å². The Hall–Kier alpha value is -2.67. The number of nitrogens with one attached hydrogen (secondary N) is 1. The Morgan fingerprint density at radius 3 is 2.50 bits per heavy atom. The minimum atomic E-state index is -0.658. The lowest BCUT2D eigenvalue weighted by Gasteiger charge is -2.31. The largest absolute Gasteiger partial charge is 0.439 e. The number of rotatable bonds is 6. The van der Waals surface area contributed by atoms with Gasteiger partial charge in [-0.1, -0.05) is 49.2 Å². The summed E-state index contributed by atoms with van der Waals surface area (Å²) in [6.07, 6.45) is 2.99. The van der Waals surface area contributed by atoms with Crippen molar-refractivity contribution in [3.05, 3.63) is 58.3 Å². The molecule has 146 valence electrons. The number of hydrogen-bond acceptors (Lipinski definition) is 5. The molecule has 6 nitrogen and oxygen atoms in total. The molecule has 2 aliphatic rings. The average molecular weight is 398 g/mol. The molecule has 1 aliphatic carbocycles. The van der Waals surface area contributed by atoms with Crippen LogP contribution in [0.5, 0.6) is 0 Å². The van der Waals surface area contributed by atoms with Crippen LogP contribution in [0.1, 0.15) is 42.2 Å². The first-order valence-electron chi connectivity index (χ1n) is 9.47. The number of ether oxygens (including phenoxy) is 1. The highest BCUT2D eigenvalue weighted by atomic mass is 32.1. The molecule has 1 saturated heterocycles. The van der Waals surface area contributed by atoms with Crippen molar-refractivity contribution in [2.75, 3.05) is 13.2 Å². The van der Waals surface area contributed by atoms with Gasteiger partial charge in [-0.05, 0) is 29.9 Å². The molecule has 1 aromatic heterocycles. The molecule has 2 fully saturated rings. The molecule has 0 spiro atoms. The minimum Gasteiger partial charge on any atom is -0.439 e. The van der Waals surface area contributed by atoms with Crippen molar-refractivity contribution in [3.8, 4) is 0 Å². The number of cyclic esters (lactones) is 1. The van der Waals surface area contributed by atoms with Crippen molar-refractivity contribution in [3.63, 3.8) is 0 Å². The maximum atomic E-state index is 13.5. The zero-order valence-electron chi connectivity index (χ0n) is 15.4. The van der Waals surface area contributed by atoms with Crippen molar-refractivity contribution in [1.29, 1.82) is 0 Å². The summed E-state index contributed by atoms with van der Waals surface area (Å²) in [5.74, 6) is -0.421. The molecular weight excluding hydrogens is 376 g/mol. The lowest BCUT2D eigenvalue weighted by molar-refractivity contribution is -0.129. The van der Waals surface area contributed by atoms with Gasteiger partial charge in [0.05, 0.1) is 18.0 Å². The zero-order chi connectivity index (χ0) is 19.6. The van der Waals surface area contributed by atoms with Crippen molar-refractivity contribution in [2.45, 2.75) is 37.1 Å². The van der Waals surface area contributed by atoms with E-state index in [1.807, 2.05) is 47.8 Å². The maximum Gasteiger partial charge on any atom is 0.417 e. The smallest absolute Gasteiger partial charge is 0.417 e. The van der Waals surface area contributed by atoms with Gasteiger partial charge in [-0.15, -0.1) is 11.3 Å². The standard InChI is InChI=1S/C21H22N2O4S/c24-18-14-27-20(26)23(18)13-16(15-7-2-1-3-8-15)22-19(25)21(10-4-5-11-21)17-9-6-12-28-17/h1-3,6-9,12,16H,4-5,10-11,13-14H2,(H,22,25). The lowest BCUT2D eigenvalue weighted by Crippen LogP contribution is -2.47. The minimum absolute atomic E-state index is 0.0404. The fraction of sp³-hybridized carbons (Fsp3) is 0.381. The van der Waals surface area contributed by atoms with Crippen LogP contribution in [0.15, 0.2) is 47.8 Å². The Morgan fingerprint density at radius 2 is 1.89 bits per heavy atom.